The Labute approximate surface area is 126 Å². The smallest absolute Gasteiger partial charge is 0.217 e. The molecule has 1 aromatic rings. The number of aliphatic hydroxyl groups is 3. The van der Waals surface area contributed by atoms with Crippen LogP contribution in [0.3, 0.4) is 0 Å². The van der Waals surface area contributed by atoms with E-state index in [1.54, 1.807) is 17.9 Å². The molecule has 1 saturated heterocycles. The number of nitrogens with zero attached hydrogens (tertiary/aromatic N) is 3. The van der Waals surface area contributed by atoms with Gasteiger partial charge in [-0.2, -0.15) is 0 Å². The average molecular weight is 312 g/mol. The monoisotopic (exact) mass is 312 g/mol. The van der Waals surface area contributed by atoms with Crippen LogP contribution < -0.4 is 5.32 Å². The van der Waals surface area contributed by atoms with Crippen LogP contribution in [0.2, 0.25) is 0 Å². The summed E-state index contributed by atoms with van der Waals surface area (Å²) in [6.45, 7) is 1.33. The highest BCUT2D eigenvalue weighted by atomic mass is 16.6. The van der Waals surface area contributed by atoms with Crippen molar-refractivity contribution < 1.29 is 24.9 Å². The highest BCUT2D eigenvalue weighted by Gasteiger charge is 2.67. The SMILES string of the molecule is CC(=O)N[C@@H]1[C@@H](O)[C@@H](O)C2(CC2O)O[C@H]1Cc1cn(C)nn1. The van der Waals surface area contributed by atoms with Crippen molar-refractivity contribution in [1.29, 1.82) is 0 Å². The van der Waals surface area contributed by atoms with Crippen LogP contribution in [0.15, 0.2) is 6.20 Å². The summed E-state index contributed by atoms with van der Waals surface area (Å²) in [5.41, 5.74) is -0.516. The maximum atomic E-state index is 11.4. The van der Waals surface area contributed by atoms with Crippen LogP contribution in [0.4, 0.5) is 0 Å². The summed E-state index contributed by atoms with van der Waals surface area (Å²) < 4.78 is 7.40. The van der Waals surface area contributed by atoms with Crippen LogP contribution in [0.1, 0.15) is 19.0 Å². The molecule has 122 valence electrons. The third kappa shape index (κ3) is 2.50. The minimum Gasteiger partial charge on any atom is -0.390 e. The number of aliphatic hydroxyl groups excluding tert-OH is 3. The molecule has 3 rings (SSSR count). The third-order valence-electron chi connectivity index (χ3n) is 4.31. The van der Waals surface area contributed by atoms with Crippen LogP contribution in [-0.4, -0.2) is 72.3 Å². The molecular weight excluding hydrogens is 292 g/mol. The zero-order valence-electron chi connectivity index (χ0n) is 12.4. The maximum absolute atomic E-state index is 11.4. The molecule has 2 unspecified atom stereocenters. The van der Waals surface area contributed by atoms with Crippen molar-refractivity contribution in [3.63, 3.8) is 0 Å². The van der Waals surface area contributed by atoms with E-state index < -0.39 is 36.1 Å². The van der Waals surface area contributed by atoms with Crippen molar-refractivity contribution in [3.05, 3.63) is 11.9 Å². The highest BCUT2D eigenvalue weighted by molar-refractivity contribution is 5.73. The van der Waals surface area contributed by atoms with Crippen LogP contribution in [0, 0.1) is 0 Å². The largest absolute Gasteiger partial charge is 0.390 e. The first-order valence-corrected chi connectivity index (χ1v) is 7.18. The standard InChI is InChI=1S/C13H20N4O5/c1-6(18)14-10-8(3-7-5-17(2)16-15-7)22-13(4-9(13)19)12(21)11(10)20/h5,8-12,19-21H,3-4H2,1-2H3,(H,14,18)/t8-,9?,10-,11+,12+,13?/m0/s1. The summed E-state index contributed by atoms with van der Waals surface area (Å²) in [7, 11) is 1.73. The lowest BCUT2D eigenvalue weighted by atomic mass is 9.89. The third-order valence-corrected chi connectivity index (χ3v) is 4.31. The van der Waals surface area contributed by atoms with Crippen molar-refractivity contribution in [2.45, 2.75) is 55.8 Å². The summed E-state index contributed by atoms with van der Waals surface area (Å²) in [6.07, 6.45) is -1.64. The topological polar surface area (TPSA) is 130 Å². The van der Waals surface area contributed by atoms with E-state index in [2.05, 4.69) is 15.6 Å². The number of aromatic nitrogens is 3. The van der Waals surface area contributed by atoms with Gasteiger partial charge in [-0.3, -0.25) is 9.48 Å². The lowest BCUT2D eigenvalue weighted by Gasteiger charge is -2.43. The lowest BCUT2D eigenvalue weighted by Crippen LogP contribution is -2.65. The van der Waals surface area contributed by atoms with E-state index in [1.165, 1.54) is 6.92 Å². The van der Waals surface area contributed by atoms with Gasteiger partial charge in [0.25, 0.3) is 0 Å². The zero-order chi connectivity index (χ0) is 16.1. The van der Waals surface area contributed by atoms with Crippen LogP contribution in [0.25, 0.3) is 0 Å². The molecule has 2 aliphatic rings. The van der Waals surface area contributed by atoms with E-state index in [0.717, 1.165) is 0 Å². The molecule has 1 aromatic heterocycles. The molecule has 2 fully saturated rings. The fourth-order valence-corrected chi connectivity index (χ4v) is 3.09. The van der Waals surface area contributed by atoms with Gasteiger partial charge in [0, 0.05) is 33.0 Å². The second-order valence-corrected chi connectivity index (χ2v) is 6.08. The summed E-state index contributed by atoms with van der Waals surface area (Å²) in [4.78, 5) is 11.4. The van der Waals surface area contributed by atoms with E-state index >= 15 is 0 Å². The Balaban J connectivity index is 1.83. The molecule has 1 aliphatic carbocycles. The number of hydrogen-bond donors (Lipinski definition) is 4. The number of ether oxygens (including phenoxy) is 1. The summed E-state index contributed by atoms with van der Waals surface area (Å²) in [6, 6.07) is -0.784. The molecule has 0 aromatic carbocycles. The predicted molar refractivity (Wildman–Crippen MR) is 72.6 cm³/mol. The number of rotatable bonds is 3. The molecule has 0 radical (unpaired) electrons. The molecule has 1 amide bonds. The minimum atomic E-state index is -1.25. The molecule has 9 heteroatoms. The van der Waals surface area contributed by atoms with Gasteiger partial charge in [-0.25, -0.2) is 0 Å². The van der Waals surface area contributed by atoms with E-state index in [9.17, 15) is 20.1 Å². The summed E-state index contributed by atoms with van der Waals surface area (Å²) in [5, 5.41) is 40.7. The highest BCUT2D eigenvalue weighted by Crippen LogP contribution is 2.48. The van der Waals surface area contributed by atoms with Gasteiger partial charge in [-0.15, -0.1) is 5.10 Å². The van der Waals surface area contributed by atoms with Crippen molar-refractivity contribution in [2.24, 2.45) is 7.05 Å². The van der Waals surface area contributed by atoms with Crippen molar-refractivity contribution >= 4 is 5.91 Å². The van der Waals surface area contributed by atoms with Crippen molar-refractivity contribution in [3.8, 4) is 0 Å². The Kier molecular flexibility index (Phi) is 3.68. The van der Waals surface area contributed by atoms with Gasteiger partial charge in [-0.05, 0) is 0 Å². The number of carbonyl (C=O) groups is 1. The average Bonchev–Trinajstić information content (AvgIpc) is 2.89. The van der Waals surface area contributed by atoms with Crippen molar-refractivity contribution in [2.75, 3.05) is 0 Å². The molecule has 22 heavy (non-hydrogen) atoms. The van der Waals surface area contributed by atoms with Gasteiger partial charge in [0.05, 0.1) is 23.9 Å². The first kappa shape index (κ1) is 15.3. The first-order valence-electron chi connectivity index (χ1n) is 7.18. The number of nitrogens with one attached hydrogen (secondary N) is 1. The van der Waals surface area contributed by atoms with Gasteiger partial charge in [-0.1, -0.05) is 5.21 Å². The number of carbonyl (C=O) groups excluding carboxylic acids is 1. The minimum absolute atomic E-state index is 0.259. The Hall–Kier alpha value is -1.55. The van der Waals surface area contributed by atoms with Gasteiger partial charge in [0.1, 0.15) is 17.8 Å². The number of hydrogen-bond acceptors (Lipinski definition) is 7. The normalized spacial score (nSPS) is 40.7. The lowest BCUT2D eigenvalue weighted by molar-refractivity contribution is -0.208. The van der Waals surface area contributed by atoms with E-state index in [1.807, 2.05) is 0 Å². The first-order chi connectivity index (χ1) is 10.3. The quantitative estimate of drug-likeness (QED) is 0.485. The summed E-state index contributed by atoms with van der Waals surface area (Å²) in [5.74, 6) is -0.337. The molecule has 6 atom stereocenters. The second kappa shape index (κ2) is 5.27. The fourth-order valence-electron chi connectivity index (χ4n) is 3.09. The molecule has 1 saturated carbocycles. The van der Waals surface area contributed by atoms with Crippen LogP contribution in [0.5, 0.6) is 0 Å². The van der Waals surface area contributed by atoms with Crippen molar-refractivity contribution in [1.82, 2.24) is 20.3 Å². The number of amides is 1. The number of aryl methyl sites for hydroxylation is 1. The van der Waals surface area contributed by atoms with Crippen LogP contribution >= 0.6 is 0 Å². The maximum Gasteiger partial charge on any atom is 0.217 e. The molecule has 4 N–H and O–H groups in total. The Bertz CT molecular complexity index is 579. The molecule has 9 nitrogen and oxygen atoms in total. The fraction of sp³-hybridized carbons (Fsp3) is 0.769. The van der Waals surface area contributed by atoms with Gasteiger partial charge < -0.3 is 25.4 Å². The zero-order valence-corrected chi connectivity index (χ0v) is 12.4. The Morgan fingerprint density at radius 2 is 2.23 bits per heavy atom. The van der Waals surface area contributed by atoms with Gasteiger partial charge >= 0.3 is 0 Å². The van der Waals surface area contributed by atoms with E-state index in [4.69, 9.17) is 4.74 Å². The van der Waals surface area contributed by atoms with Crippen LogP contribution in [-0.2, 0) is 23.0 Å². The van der Waals surface area contributed by atoms with E-state index in [0.29, 0.717) is 12.1 Å². The Morgan fingerprint density at radius 3 is 2.73 bits per heavy atom. The molecule has 0 bridgehead atoms. The summed E-state index contributed by atoms with van der Waals surface area (Å²) >= 11 is 0. The van der Waals surface area contributed by atoms with Gasteiger partial charge in [0.2, 0.25) is 5.91 Å². The predicted octanol–water partition coefficient (Wildman–Crippen LogP) is -2.51. The Morgan fingerprint density at radius 1 is 1.55 bits per heavy atom. The van der Waals surface area contributed by atoms with E-state index in [-0.39, 0.29) is 12.3 Å². The molecule has 1 spiro atoms. The molecule has 2 heterocycles. The molecule has 1 aliphatic heterocycles. The molecular formula is C13H20N4O5. The second-order valence-electron chi connectivity index (χ2n) is 6.08. The van der Waals surface area contributed by atoms with Gasteiger partial charge in [0.15, 0.2) is 0 Å².